The Labute approximate surface area is 123 Å². The molecule has 112 valence electrons. The molecule has 1 heterocycles. The molecule has 1 atom stereocenters. The minimum atomic E-state index is -0.729. The predicted octanol–water partition coefficient (Wildman–Crippen LogP) is 0.508. The van der Waals surface area contributed by atoms with Crippen molar-refractivity contribution in [3.8, 4) is 0 Å². The van der Waals surface area contributed by atoms with Crippen LogP contribution >= 0.6 is 0 Å². The number of imide groups is 1. The van der Waals surface area contributed by atoms with E-state index in [2.05, 4.69) is 11.9 Å². The molecule has 0 aromatic heterocycles. The Morgan fingerprint density at radius 2 is 2.10 bits per heavy atom. The lowest BCUT2D eigenvalue weighted by atomic mass is 10.0. The highest BCUT2D eigenvalue weighted by Crippen LogP contribution is 2.16. The minimum absolute atomic E-state index is 0.150. The van der Waals surface area contributed by atoms with Crippen LogP contribution < -0.4 is 5.32 Å². The summed E-state index contributed by atoms with van der Waals surface area (Å²) in [5, 5.41) is 2.20. The lowest BCUT2D eigenvalue weighted by Crippen LogP contribution is -2.53. The molecule has 1 aliphatic heterocycles. The van der Waals surface area contributed by atoms with Crippen molar-refractivity contribution < 1.29 is 19.2 Å². The van der Waals surface area contributed by atoms with Gasteiger partial charge in [-0.2, -0.15) is 0 Å². The number of hydrogen-bond donors (Lipinski definition) is 1. The standard InChI is InChI=1S/C15H18N2O4/c1-4-6-11(10(5-2)9-18)15(21)17(3)12-7-8-13(19)16-14(12)20/h4-6,9,12H,2,7-8H2,1,3H3,(H,16,19,20)/b6-4-,11-10-. The van der Waals surface area contributed by atoms with E-state index in [0.717, 1.165) is 0 Å². The van der Waals surface area contributed by atoms with Crippen molar-refractivity contribution in [2.24, 2.45) is 0 Å². The molecular weight excluding hydrogens is 272 g/mol. The number of aldehydes is 1. The highest BCUT2D eigenvalue weighted by atomic mass is 16.2. The molecule has 0 spiro atoms. The smallest absolute Gasteiger partial charge is 0.254 e. The Hall–Kier alpha value is -2.50. The van der Waals surface area contributed by atoms with E-state index in [1.807, 2.05) is 0 Å². The third-order valence-corrected chi connectivity index (χ3v) is 3.22. The summed E-state index contributed by atoms with van der Waals surface area (Å²) < 4.78 is 0. The molecule has 1 rings (SSSR count). The summed E-state index contributed by atoms with van der Waals surface area (Å²) in [6.07, 6.45) is 5.39. The average molecular weight is 290 g/mol. The van der Waals surface area contributed by atoms with E-state index in [1.165, 1.54) is 24.1 Å². The van der Waals surface area contributed by atoms with Crippen LogP contribution in [0.5, 0.6) is 0 Å². The molecule has 0 saturated carbocycles. The summed E-state index contributed by atoms with van der Waals surface area (Å²) >= 11 is 0. The first kappa shape index (κ1) is 16.6. The maximum Gasteiger partial charge on any atom is 0.254 e. The fourth-order valence-electron chi connectivity index (χ4n) is 2.06. The van der Waals surface area contributed by atoms with Crippen LogP contribution in [-0.2, 0) is 19.2 Å². The Morgan fingerprint density at radius 1 is 1.43 bits per heavy atom. The second-order valence-electron chi connectivity index (χ2n) is 4.57. The zero-order chi connectivity index (χ0) is 16.0. The molecule has 21 heavy (non-hydrogen) atoms. The number of piperidine rings is 1. The van der Waals surface area contributed by atoms with Gasteiger partial charge in [0.2, 0.25) is 11.8 Å². The minimum Gasteiger partial charge on any atom is -0.330 e. The van der Waals surface area contributed by atoms with Gasteiger partial charge in [0.1, 0.15) is 6.04 Å². The van der Waals surface area contributed by atoms with Gasteiger partial charge < -0.3 is 4.90 Å². The monoisotopic (exact) mass is 290 g/mol. The number of carbonyl (C=O) groups is 4. The quantitative estimate of drug-likeness (QED) is 0.346. The van der Waals surface area contributed by atoms with Gasteiger partial charge in [0, 0.05) is 24.6 Å². The Morgan fingerprint density at radius 3 is 2.57 bits per heavy atom. The van der Waals surface area contributed by atoms with Crippen LogP contribution in [0.2, 0.25) is 0 Å². The zero-order valence-electron chi connectivity index (χ0n) is 12.1. The first-order valence-electron chi connectivity index (χ1n) is 6.51. The summed E-state index contributed by atoms with van der Waals surface area (Å²) in [6, 6.07) is -0.729. The molecule has 0 aliphatic carbocycles. The van der Waals surface area contributed by atoms with Crippen molar-refractivity contribution in [2.75, 3.05) is 7.05 Å². The zero-order valence-corrected chi connectivity index (χ0v) is 12.1. The molecule has 1 unspecified atom stereocenters. The average Bonchev–Trinajstić information content (AvgIpc) is 2.46. The van der Waals surface area contributed by atoms with Crippen molar-refractivity contribution in [2.45, 2.75) is 25.8 Å². The third kappa shape index (κ3) is 3.75. The van der Waals surface area contributed by atoms with Gasteiger partial charge in [-0.3, -0.25) is 24.5 Å². The van der Waals surface area contributed by atoms with Crippen molar-refractivity contribution >= 4 is 24.0 Å². The maximum atomic E-state index is 12.5. The molecule has 1 fully saturated rings. The first-order valence-corrected chi connectivity index (χ1v) is 6.51. The highest BCUT2D eigenvalue weighted by Gasteiger charge is 2.33. The van der Waals surface area contributed by atoms with Crippen molar-refractivity contribution in [3.63, 3.8) is 0 Å². The molecule has 1 saturated heterocycles. The van der Waals surface area contributed by atoms with E-state index >= 15 is 0 Å². The number of rotatable bonds is 5. The van der Waals surface area contributed by atoms with E-state index in [1.54, 1.807) is 13.0 Å². The fourth-order valence-corrected chi connectivity index (χ4v) is 2.06. The molecule has 6 heteroatoms. The molecule has 0 bridgehead atoms. The number of likely N-dealkylation sites (N-methyl/N-ethyl adjacent to an activating group) is 1. The van der Waals surface area contributed by atoms with Crippen LogP contribution in [0.4, 0.5) is 0 Å². The molecule has 1 aliphatic rings. The Balaban J connectivity index is 3.07. The van der Waals surface area contributed by atoms with Crippen LogP contribution in [0.25, 0.3) is 0 Å². The lowest BCUT2D eigenvalue weighted by molar-refractivity contribution is -0.142. The Bertz CT molecular complexity index is 536. The number of allylic oxidation sites excluding steroid dienone is 3. The summed E-state index contributed by atoms with van der Waals surface area (Å²) in [4.78, 5) is 47.6. The number of nitrogens with zero attached hydrogens (tertiary/aromatic N) is 1. The predicted molar refractivity (Wildman–Crippen MR) is 77.0 cm³/mol. The summed E-state index contributed by atoms with van der Waals surface area (Å²) in [6.45, 7) is 5.21. The second kappa shape index (κ2) is 7.33. The number of carbonyl (C=O) groups excluding carboxylic acids is 4. The van der Waals surface area contributed by atoms with Crippen molar-refractivity contribution in [1.82, 2.24) is 10.2 Å². The van der Waals surface area contributed by atoms with Crippen LogP contribution in [0.1, 0.15) is 19.8 Å². The molecule has 0 aromatic carbocycles. The van der Waals surface area contributed by atoms with Crippen molar-refractivity contribution in [1.29, 1.82) is 0 Å². The molecule has 0 radical (unpaired) electrons. The maximum absolute atomic E-state index is 12.5. The fraction of sp³-hybridized carbons (Fsp3) is 0.333. The van der Waals surface area contributed by atoms with Gasteiger partial charge in [-0.15, -0.1) is 0 Å². The largest absolute Gasteiger partial charge is 0.330 e. The summed E-state index contributed by atoms with van der Waals surface area (Å²) in [7, 11) is 1.47. The van der Waals surface area contributed by atoms with Gasteiger partial charge in [0.25, 0.3) is 5.91 Å². The number of nitrogens with one attached hydrogen (secondary N) is 1. The van der Waals surface area contributed by atoms with Gasteiger partial charge >= 0.3 is 0 Å². The van der Waals surface area contributed by atoms with E-state index in [-0.39, 0.29) is 29.9 Å². The van der Waals surface area contributed by atoms with Crippen LogP contribution in [0, 0.1) is 0 Å². The van der Waals surface area contributed by atoms with E-state index < -0.39 is 17.9 Å². The van der Waals surface area contributed by atoms with E-state index in [0.29, 0.717) is 6.29 Å². The van der Waals surface area contributed by atoms with E-state index in [4.69, 9.17) is 0 Å². The van der Waals surface area contributed by atoms with Gasteiger partial charge in [-0.1, -0.05) is 24.8 Å². The SMILES string of the molecule is C=C/C(C=O)=C(\C=C/C)C(=O)N(C)C1CCC(=O)NC1=O. The molecule has 6 nitrogen and oxygen atoms in total. The van der Waals surface area contributed by atoms with Crippen LogP contribution in [-0.4, -0.2) is 42.0 Å². The molecule has 1 N–H and O–H groups in total. The normalized spacial score (nSPS) is 19.8. The van der Waals surface area contributed by atoms with Crippen molar-refractivity contribution in [3.05, 3.63) is 36.0 Å². The Kier molecular flexibility index (Phi) is 5.78. The third-order valence-electron chi connectivity index (χ3n) is 3.22. The molecular formula is C15H18N2O4. The molecule has 3 amide bonds. The van der Waals surface area contributed by atoms with Crippen LogP contribution in [0.15, 0.2) is 36.0 Å². The first-order chi connectivity index (χ1) is 9.96. The topological polar surface area (TPSA) is 83.6 Å². The summed E-state index contributed by atoms with van der Waals surface area (Å²) in [5.41, 5.74) is 0.312. The number of amides is 3. The summed E-state index contributed by atoms with van der Waals surface area (Å²) in [5.74, 6) is -1.32. The highest BCUT2D eigenvalue weighted by molar-refractivity contribution is 6.06. The molecule has 0 aromatic rings. The van der Waals surface area contributed by atoms with Crippen LogP contribution in [0.3, 0.4) is 0 Å². The van der Waals surface area contributed by atoms with Gasteiger partial charge in [0.05, 0.1) is 0 Å². The van der Waals surface area contributed by atoms with Gasteiger partial charge in [0.15, 0.2) is 6.29 Å². The van der Waals surface area contributed by atoms with Gasteiger partial charge in [-0.05, 0) is 13.3 Å². The lowest BCUT2D eigenvalue weighted by Gasteiger charge is -2.30. The van der Waals surface area contributed by atoms with Gasteiger partial charge in [-0.25, -0.2) is 0 Å². The second-order valence-corrected chi connectivity index (χ2v) is 4.57. The van der Waals surface area contributed by atoms with E-state index in [9.17, 15) is 19.2 Å². The number of hydrogen-bond acceptors (Lipinski definition) is 4.